The average molecular weight is 409 g/mol. The van der Waals surface area contributed by atoms with Gasteiger partial charge in [0.15, 0.2) is 11.5 Å². The van der Waals surface area contributed by atoms with Gasteiger partial charge in [0.1, 0.15) is 0 Å². The molecule has 0 N–H and O–H groups in total. The summed E-state index contributed by atoms with van der Waals surface area (Å²) in [5.74, 6) is 2.98. The molecule has 2 aliphatic rings. The van der Waals surface area contributed by atoms with Gasteiger partial charge in [0.2, 0.25) is 5.91 Å². The van der Waals surface area contributed by atoms with Crippen molar-refractivity contribution >= 4 is 17.7 Å². The first-order valence-corrected chi connectivity index (χ1v) is 11.2. The Labute approximate surface area is 175 Å². The van der Waals surface area contributed by atoms with Crippen molar-refractivity contribution in [3.05, 3.63) is 59.2 Å². The third-order valence-electron chi connectivity index (χ3n) is 5.31. The van der Waals surface area contributed by atoms with E-state index in [1.165, 1.54) is 0 Å². The molecule has 1 saturated heterocycles. The maximum Gasteiger partial charge on any atom is 0.233 e. The summed E-state index contributed by atoms with van der Waals surface area (Å²) in [7, 11) is 0. The second kappa shape index (κ2) is 9.23. The summed E-state index contributed by atoms with van der Waals surface area (Å²) < 4.78 is 11.5. The molecule has 0 saturated carbocycles. The number of thioether (sulfide) groups is 1. The third kappa shape index (κ3) is 4.68. The molecule has 0 unspecified atom stereocenters. The van der Waals surface area contributed by atoms with Gasteiger partial charge in [-0.05, 0) is 48.2 Å². The molecule has 0 bridgehead atoms. The fourth-order valence-electron chi connectivity index (χ4n) is 3.81. The number of carbonyl (C=O) groups is 1. The Kier molecular flexibility index (Phi) is 6.26. The normalized spacial score (nSPS) is 18.2. The van der Waals surface area contributed by atoms with E-state index < -0.39 is 0 Å². The minimum Gasteiger partial charge on any atom is -0.490 e. The molecule has 1 amide bonds. The predicted molar refractivity (Wildman–Crippen MR) is 113 cm³/mol. The molecule has 5 nitrogen and oxygen atoms in total. The quantitative estimate of drug-likeness (QED) is 0.737. The average Bonchev–Trinajstić information content (AvgIpc) is 3.13. The summed E-state index contributed by atoms with van der Waals surface area (Å²) in [6, 6.07) is 15.8. The van der Waals surface area contributed by atoms with Crippen molar-refractivity contribution in [3.8, 4) is 17.6 Å². The summed E-state index contributed by atoms with van der Waals surface area (Å²) in [6.45, 7) is 2.14. The highest BCUT2D eigenvalue weighted by molar-refractivity contribution is 7.99. The number of nitriles is 1. The lowest BCUT2D eigenvalue weighted by Crippen LogP contribution is -2.32. The van der Waals surface area contributed by atoms with Crippen LogP contribution in [-0.2, 0) is 10.5 Å². The first kappa shape index (κ1) is 19.7. The Morgan fingerprint density at radius 1 is 1.10 bits per heavy atom. The van der Waals surface area contributed by atoms with Gasteiger partial charge in [-0.25, -0.2) is 0 Å². The van der Waals surface area contributed by atoms with Crippen molar-refractivity contribution in [1.29, 1.82) is 5.26 Å². The molecule has 29 heavy (non-hydrogen) atoms. The van der Waals surface area contributed by atoms with Crippen molar-refractivity contribution in [2.24, 2.45) is 0 Å². The Bertz CT molecular complexity index is 907. The number of hydrogen-bond acceptors (Lipinski definition) is 5. The highest BCUT2D eigenvalue weighted by Crippen LogP contribution is 2.38. The fourth-order valence-corrected chi connectivity index (χ4v) is 4.68. The molecule has 0 spiro atoms. The van der Waals surface area contributed by atoms with E-state index >= 15 is 0 Å². The fraction of sp³-hybridized carbons (Fsp3) is 0.391. The van der Waals surface area contributed by atoms with E-state index in [1.54, 1.807) is 11.8 Å². The number of likely N-dealkylation sites (tertiary alicyclic amines) is 1. The molecule has 2 aromatic carbocycles. The minimum absolute atomic E-state index is 0.107. The zero-order valence-corrected chi connectivity index (χ0v) is 17.1. The standard InChI is InChI=1S/C23H24N2O3S/c24-14-17-4-6-18(7-5-17)15-29-16-23(26)25-10-1-3-20(25)19-8-9-21-22(13-19)28-12-2-11-27-21/h4-9,13,20H,1-3,10-12,15-16H2/t20-/m1/s1. The maximum absolute atomic E-state index is 12.9. The number of nitrogens with zero attached hydrogens (tertiary/aromatic N) is 2. The van der Waals surface area contributed by atoms with Crippen LogP contribution in [0.3, 0.4) is 0 Å². The van der Waals surface area contributed by atoms with Crippen molar-refractivity contribution < 1.29 is 14.3 Å². The summed E-state index contributed by atoms with van der Waals surface area (Å²) in [5, 5.41) is 8.88. The highest BCUT2D eigenvalue weighted by atomic mass is 32.2. The number of carbonyl (C=O) groups excluding carboxylic acids is 1. The van der Waals surface area contributed by atoms with Gasteiger partial charge in [-0.3, -0.25) is 4.79 Å². The lowest BCUT2D eigenvalue weighted by Gasteiger charge is -2.25. The zero-order chi connectivity index (χ0) is 20.1. The van der Waals surface area contributed by atoms with Crippen molar-refractivity contribution in [2.45, 2.75) is 31.1 Å². The van der Waals surface area contributed by atoms with Gasteiger partial charge in [-0.2, -0.15) is 5.26 Å². The molecule has 1 atom stereocenters. The largest absolute Gasteiger partial charge is 0.490 e. The van der Waals surface area contributed by atoms with Crippen LogP contribution in [0.25, 0.3) is 0 Å². The third-order valence-corrected chi connectivity index (χ3v) is 6.30. The van der Waals surface area contributed by atoms with E-state index in [0.29, 0.717) is 24.5 Å². The van der Waals surface area contributed by atoms with Crippen LogP contribution in [0.5, 0.6) is 11.5 Å². The van der Waals surface area contributed by atoms with Gasteiger partial charge in [-0.15, -0.1) is 11.8 Å². The van der Waals surface area contributed by atoms with Crippen LogP contribution >= 0.6 is 11.8 Å². The van der Waals surface area contributed by atoms with Gasteiger partial charge in [0.25, 0.3) is 0 Å². The molecule has 0 aromatic heterocycles. The van der Waals surface area contributed by atoms with Gasteiger partial charge in [-0.1, -0.05) is 18.2 Å². The molecule has 150 valence electrons. The van der Waals surface area contributed by atoms with Crippen molar-refractivity contribution in [1.82, 2.24) is 4.90 Å². The summed E-state index contributed by atoms with van der Waals surface area (Å²) in [5.41, 5.74) is 2.91. The molecule has 0 aliphatic carbocycles. The van der Waals surface area contributed by atoms with E-state index in [0.717, 1.165) is 54.2 Å². The molecule has 2 heterocycles. The van der Waals surface area contributed by atoms with Gasteiger partial charge < -0.3 is 14.4 Å². The minimum atomic E-state index is 0.107. The van der Waals surface area contributed by atoms with Crippen LogP contribution in [0.15, 0.2) is 42.5 Å². The van der Waals surface area contributed by atoms with E-state index in [1.807, 2.05) is 41.3 Å². The van der Waals surface area contributed by atoms with Crippen LogP contribution in [0, 0.1) is 11.3 Å². The second-order valence-corrected chi connectivity index (χ2v) is 8.29. The molecular formula is C23H24N2O3S. The van der Waals surface area contributed by atoms with Gasteiger partial charge >= 0.3 is 0 Å². The zero-order valence-electron chi connectivity index (χ0n) is 16.3. The highest BCUT2D eigenvalue weighted by Gasteiger charge is 2.30. The second-order valence-electron chi connectivity index (χ2n) is 7.30. The Morgan fingerprint density at radius 2 is 1.90 bits per heavy atom. The number of ether oxygens (including phenoxy) is 2. The molecule has 1 fully saturated rings. The molecular weight excluding hydrogens is 384 g/mol. The Hall–Kier alpha value is -2.65. The van der Waals surface area contributed by atoms with E-state index in [9.17, 15) is 4.79 Å². The smallest absolute Gasteiger partial charge is 0.233 e. The number of rotatable bonds is 5. The number of benzene rings is 2. The maximum atomic E-state index is 12.9. The van der Waals surface area contributed by atoms with Gasteiger partial charge in [0, 0.05) is 18.7 Å². The summed E-state index contributed by atoms with van der Waals surface area (Å²) >= 11 is 1.62. The molecule has 0 radical (unpaired) electrons. The molecule has 6 heteroatoms. The molecule has 2 aliphatic heterocycles. The summed E-state index contributed by atoms with van der Waals surface area (Å²) in [4.78, 5) is 14.9. The van der Waals surface area contributed by atoms with Crippen LogP contribution in [0.2, 0.25) is 0 Å². The first-order chi connectivity index (χ1) is 14.2. The van der Waals surface area contributed by atoms with E-state index in [-0.39, 0.29) is 11.9 Å². The van der Waals surface area contributed by atoms with Crippen LogP contribution < -0.4 is 9.47 Å². The van der Waals surface area contributed by atoms with Crippen LogP contribution in [0.4, 0.5) is 0 Å². The Morgan fingerprint density at radius 3 is 2.69 bits per heavy atom. The number of hydrogen-bond donors (Lipinski definition) is 0. The number of amides is 1. The monoisotopic (exact) mass is 408 g/mol. The molecule has 2 aromatic rings. The van der Waals surface area contributed by atoms with Crippen molar-refractivity contribution in [2.75, 3.05) is 25.5 Å². The Balaban J connectivity index is 1.37. The predicted octanol–water partition coefficient (Wildman–Crippen LogP) is 4.32. The SMILES string of the molecule is N#Cc1ccc(CSCC(=O)N2CCC[C@@H]2c2ccc3c(c2)OCCCO3)cc1. The van der Waals surface area contributed by atoms with Crippen molar-refractivity contribution in [3.63, 3.8) is 0 Å². The van der Waals surface area contributed by atoms with Crippen LogP contribution in [0.1, 0.15) is 42.0 Å². The van der Waals surface area contributed by atoms with Gasteiger partial charge in [0.05, 0.1) is 36.6 Å². The van der Waals surface area contributed by atoms with E-state index in [4.69, 9.17) is 14.7 Å². The lowest BCUT2D eigenvalue weighted by atomic mass is 10.0. The van der Waals surface area contributed by atoms with Crippen LogP contribution in [-0.4, -0.2) is 36.3 Å². The van der Waals surface area contributed by atoms with E-state index in [2.05, 4.69) is 12.1 Å². The molecule has 4 rings (SSSR count). The lowest BCUT2D eigenvalue weighted by molar-refractivity contribution is -0.129. The number of fused-ring (bicyclic) bond motifs is 1. The first-order valence-electron chi connectivity index (χ1n) is 10.0. The topological polar surface area (TPSA) is 62.6 Å². The summed E-state index contributed by atoms with van der Waals surface area (Å²) in [6.07, 6.45) is 2.88.